The monoisotopic (exact) mass is 557 g/mol. The summed E-state index contributed by atoms with van der Waals surface area (Å²) < 4.78 is 5.37. The number of ether oxygens (including phenoxy) is 1. The van der Waals surface area contributed by atoms with Crippen molar-refractivity contribution in [2.24, 2.45) is 5.92 Å². The Balaban J connectivity index is 1.84. The van der Waals surface area contributed by atoms with Crippen molar-refractivity contribution in [2.75, 3.05) is 0 Å². The fourth-order valence-electron chi connectivity index (χ4n) is 5.89. The molecule has 1 heterocycles. The van der Waals surface area contributed by atoms with E-state index in [2.05, 4.69) is 44.2 Å². The Morgan fingerprint density at radius 2 is 0.800 bits per heavy atom. The van der Waals surface area contributed by atoms with E-state index in [0.29, 0.717) is 0 Å². The molecule has 0 aliphatic carbocycles. The van der Waals surface area contributed by atoms with Gasteiger partial charge in [0.2, 0.25) is 0 Å². The summed E-state index contributed by atoms with van der Waals surface area (Å²) in [4.78, 5) is 11.9. The molecule has 0 N–H and O–H groups in total. The van der Waals surface area contributed by atoms with E-state index in [1.807, 2.05) is 0 Å². The Bertz CT molecular complexity index is 644. The molecule has 1 unspecified atom stereocenters. The quantitative estimate of drug-likeness (QED) is 0.0499. The number of rotatable bonds is 30. The molecule has 0 spiro atoms. The van der Waals surface area contributed by atoms with E-state index in [0.717, 1.165) is 18.6 Å². The Kier molecular flexibility index (Phi) is 26.8. The minimum atomic E-state index is 0.0155. The zero-order valence-electron chi connectivity index (χ0n) is 27.1. The van der Waals surface area contributed by atoms with Gasteiger partial charge in [0.25, 0.3) is 0 Å². The lowest BCUT2D eigenvalue weighted by Crippen LogP contribution is -2.32. The highest BCUT2D eigenvalue weighted by atomic mass is 16.6. The Morgan fingerprint density at radius 3 is 1.15 bits per heavy atom. The van der Waals surface area contributed by atoms with E-state index in [-0.39, 0.29) is 11.9 Å². The van der Waals surface area contributed by atoms with Crippen LogP contribution in [0.5, 0.6) is 0 Å². The van der Waals surface area contributed by atoms with Crippen LogP contribution in [0, 0.1) is 5.92 Å². The molecule has 1 atom stereocenters. The Labute approximate surface area is 250 Å². The highest BCUT2D eigenvalue weighted by Gasteiger charge is 2.36. The number of hydrogen-bond donors (Lipinski definition) is 0. The second-order valence-corrected chi connectivity index (χ2v) is 12.4. The molecule has 0 aromatic carbocycles. The summed E-state index contributed by atoms with van der Waals surface area (Å²) in [6, 6.07) is 0. The van der Waals surface area contributed by atoms with E-state index < -0.39 is 0 Å². The van der Waals surface area contributed by atoms with Gasteiger partial charge in [-0.1, -0.05) is 159 Å². The van der Waals surface area contributed by atoms with Crippen LogP contribution in [0.15, 0.2) is 36.1 Å². The van der Waals surface area contributed by atoms with Gasteiger partial charge < -0.3 is 4.74 Å². The normalized spacial score (nSPS) is 16.4. The number of carbonyl (C=O) groups excluding carboxylic acids is 1. The molecule has 40 heavy (non-hydrogen) atoms. The van der Waals surface area contributed by atoms with Crippen LogP contribution >= 0.6 is 0 Å². The number of esters is 1. The van der Waals surface area contributed by atoms with Crippen molar-refractivity contribution in [1.29, 1.82) is 0 Å². The van der Waals surface area contributed by atoms with Gasteiger partial charge in [-0.3, -0.25) is 4.79 Å². The molecule has 0 amide bonds. The number of cyclic esters (lactones) is 1. The molecule has 0 bridgehead atoms. The molecular formula is C38H68O2. The van der Waals surface area contributed by atoms with Crippen LogP contribution in [0.2, 0.25) is 0 Å². The molecule has 2 nitrogen and oxygen atoms in total. The lowest BCUT2D eigenvalue weighted by atomic mass is 9.93. The molecule has 232 valence electrons. The number of carbonyl (C=O) groups is 1. The van der Waals surface area contributed by atoms with E-state index >= 15 is 0 Å². The summed E-state index contributed by atoms with van der Waals surface area (Å²) in [6.45, 7) is 4.22. The zero-order valence-corrected chi connectivity index (χ0v) is 27.1. The van der Waals surface area contributed by atoms with Gasteiger partial charge in [-0.2, -0.15) is 0 Å². The van der Waals surface area contributed by atoms with Crippen LogP contribution in [0.1, 0.15) is 194 Å². The van der Waals surface area contributed by atoms with E-state index in [4.69, 9.17) is 4.74 Å². The summed E-state index contributed by atoms with van der Waals surface area (Å²) in [7, 11) is 0. The van der Waals surface area contributed by atoms with Crippen LogP contribution in [0.4, 0.5) is 0 Å². The molecule has 1 fully saturated rings. The van der Waals surface area contributed by atoms with Gasteiger partial charge in [0.15, 0.2) is 0 Å². The first kappa shape index (κ1) is 36.7. The second kappa shape index (κ2) is 29.2. The van der Waals surface area contributed by atoms with E-state index in [1.54, 1.807) is 0 Å². The van der Waals surface area contributed by atoms with Gasteiger partial charge in [0.1, 0.15) is 11.7 Å². The maximum atomic E-state index is 11.9. The molecule has 1 rings (SSSR count). The van der Waals surface area contributed by atoms with Gasteiger partial charge in [-0.05, 0) is 64.9 Å². The van der Waals surface area contributed by atoms with Gasteiger partial charge in [-0.25, -0.2) is 0 Å². The predicted octanol–water partition coefficient (Wildman–Crippen LogP) is 13.1. The molecule has 0 saturated carbocycles. The Morgan fingerprint density at radius 1 is 0.475 bits per heavy atom. The number of hydrogen-bond acceptors (Lipinski definition) is 2. The lowest BCUT2D eigenvalue weighted by molar-refractivity contribution is -0.157. The van der Waals surface area contributed by atoms with Crippen LogP contribution in [-0.4, -0.2) is 5.97 Å². The first-order valence-corrected chi connectivity index (χ1v) is 17.9. The van der Waals surface area contributed by atoms with Crippen molar-refractivity contribution in [3.8, 4) is 0 Å². The molecule has 1 aliphatic heterocycles. The minimum absolute atomic E-state index is 0.0155. The first-order valence-electron chi connectivity index (χ1n) is 17.9. The van der Waals surface area contributed by atoms with Crippen LogP contribution in [0.25, 0.3) is 0 Å². The summed E-state index contributed by atoms with van der Waals surface area (Å²) in [6.07, 6.45) is 48.6. The molecule has 1 saturated heterocycles. The largest absolute Gasteiger partial charge is 0.430 e. The summed E-state index contributed by atoms with van der Waals surface area (Å²) in [5.74, 6) is 1.07. The third-order valence-corrected chi connectivity index (χ3v) is 8.60. The smallest absolute Gasteiger partial charge is 0.321 e. The SMILES string of the molecule is C/C=C/CCCCCCCCCCCCCC/C=C1/OC(=O)C1CCCCCCCCCCCCCC/C=C/C. The summed E-state index contributed by atoms with van der Waals surface area (Å²) >= 11 is 0. The third kappa shape index (κ3) is 22.4. The average molecular weight is 557 g/mol. The van der Waals surface area contributed by atoms with Gasteiger partial charge in [0.05, 0.1) is 0 Å². The standard InChI is InChI=1S/C38H68O2/c1-3-5-7-9-11-13-15-17-19-21-23-25-27-29-31-33-35-37-36(38(39)40-37)34-32-30-28-26-24-22-20-18-16-14-12-10-8-6-4-2/h3-6,35-36H,7-34H2,1-2H3/b5-3+,6-4+,37-35+. The van der Waals surface area contributed by atoms with Crippen molar-refractivity contribution in [3.05, 3.63) is 36.1 Å². The van der Waals surface area contributed by atoms with Crippen molar-refractivity contribution in [1.82, 2.24) is 0 Å². The van der Waals surface area contributed by atoms with Crippen LogP contribution in [-0.2, 0) is 9.53 Å². The van der Waals surface area contributed by atoms with Crippen molar-refractivity contribution in [3.63, 3.8) is 0 Å². The fourth-order valence-corrected chi connectivity index (χ4v) is 5.89. The molecule has 2 heteroatoms. The van der Waals surface area contributed by atoms with Crippen molar-refractivity contribution < 1.29 is 9.53 Å². The highest BCUT2D eigenvalue weighted by Crippen LogP contribution is 2.32. The zero-order chi connectivity index (χ0) is 28.8. The van der Waals surface area contributed by atoms with Crippen molar-refractivity contribution >= 4 is 5.97 Å². The average Bonchev–Trinajstić information content (AvgIpc) is 2.96. The maximum Gasteiger partial charge on any atom is 0.321 e. The molecule has 0 aromatic heterocycles. The predicted molar refractivity (Wildman–Crippen MR) is 177 cm³/mol. The van der Waals surface area contributed by atoms with E-state index in [9.17, 15) is 4.79 Å². The molecule has 0 aromatic rings. The van der Waals surface area contributed by atoms with Gasteiger partial charge in [0, 0.05) is 0 Å². The third-order valence-electron chi connectivity index (χ3n) is 8.60. The molecule has 0 radical (unpaired) electrons. The number of unbranched alkanes of at least 4 members (excludes halogenated alkanes) is 25. The molecule has 1 aliphatic rings. The van der Waals surface area contributed by atoms with Gasteiger partial charge in [-0.15, -0.1) is 0 Å². The lowest BCUT2D eigenvalue weighted by Gasteiger charge is -2.28. The van der Waals surface area contributed by atoms with E-state index in [1.165, 1.54) is 167 Å². The highest BCUT2D eigenvalue weighted by molar-refractivity contribution is 5.82. The van der Waals surface area contributed by atoms with Crippen molar-refractivity contribution in [2.45, 2.75) is 194 Å². The first-order chi connectivity index (χ1) is 19.8. The summed E-state index contributed by atoms with van der Waals surface area (Å²) in [5, 5.41) is 0. The Hall–Kier alpha value is -1.31. The minimum Gasteiger partial charge on any atom is -0.430 e. The van der Waals surface area contributed by atoms with Crippen LogP contribution in [0.3, 0.4) is 0 Å². The maximum absolute atomic E-state index is 11.9. The topological polar surface area (TPSA) is 26.3 Å². The number of allylic oxidation sites excluding steroid dienone is 5. The summed E-state index contributed by atoms with van der Waals surface area (Å²) in [5.41, 5.74) is 0. The van der Waals surface area contributed by atoms with Crippen LogP contribution < -0.4 is 0 Å². The fraction of sp³-hybridized carbons (Fsp3) is 0.816. The molecular weight excluding hydrogens is 488 g/mol. The second-order valence-electron chi connectivity index (χ2n) is 12.4. The van der Waals surface area contributed by atoms with Gasteiger partial charge >= 0.3 is 5.97 Å².